The van der Waals surface area contributed by atoms with E-state index in [1.807, 2.05) is 34.6 Å². The SMILES string of the molecule is CC(C)OCCOCCOCCOCCOCCOCCOCCOCCOCCOCCOCCOCCOCCN(C)C(=O)OC(C)(C)C. The summed E-state index contributed by atoms with van der Waals surface area (Å²) < 4.78 is 76.3. The summed E-state index contributed by atoms with van der Waals surface area (Å²) >= 11 is 0. The summed E-state index contributed by atoms with van der Waals surface area (Å²) in [6.07, 6.45) is -0.139. The van der Waals surface area contributed by atoms with E-state index < -0.39 is 5.60 Å². The first-order valence-corrected chi connectivity index (χ1v) is 18.2. The van der Waals surface area contributed by atoms with E-state index in [1.165, 1.54) is 4.90 Å². The maximum absolute atomic E-state index is 11.9. The average molecular weight is 746 g/mol. The Hall–Kier alpha value is -1.25. The van der Waals surface area contributed by atoms with Gasteiger partial charge in [-0.3, -0.25) is 0 Å². The first kappa shape index (κ1) is 49.8. The van der Waals surface area contributed by atoms with Crippen molar-refractivity contribution in [2.24, 2.45) is 0 Å². The summed E-state index contributed by atoms with van der Waals surface area (Å²) in [5, 5.41) is 0. The molecule has 0 saturated heterocycles. The first-order valence-electron chi connectivity index (χ1n) is 18.2. The summed E-state index contributed by atoms with van der Waals surface area (Å²) in [4.78, 5) is 13.4. The molecule has 0 aliphatic heterocycles. The van der Waals surface area contributed by atoms with Gasteiger partial charge in [0.25, 0.3) is 0 Å². The maximum atomic E-state index is 11.9. The van der Waals surface area contributed by atoms with Crippen molar-refractivity contribution in [3.8, 4) is 0 Å². The lowest BCUT2D eigenvalue weighted by molar-refractivity contribution is -0.0299. The number of amides is 1. The van der Waals surface area contributed by atoms with Gasteiger partial charge in [-0.25, -0.2) is 4.79 Å². The van der Waals surface area contributed by atoms with Crippen LogP contribution in [0.4, 0.5) is 4.79 Å². The highest BCUT2D eigenvalue weighted by molar-refractivity contribution is 5.67. The van der Waals surface area contributed by atoms with Gasteiger partial charge in [-0.2, -0.15) is 0 Å². The predicted molar refractivity (Wildman–Crippen MR) is 190 cm³/mol. The minimum absolute atomic E-state index is 0.226. The zero-order valence-corrected chi connectivity index (χ0v) is 32.5. The van der Waals surface area contributed by atoms with E-state index in [1.54, 1.807) is 7.05 Å². The Balaban J connectivity index is 3.13. The van der Waals surface area contributed by atoms with Gasteiger partial charge in [-0.1, -0.05) is 0 Å². The quantitative estimate of drug-likeness (QED) is 0.0845. The highest BCUT2D eigenvalue weighted by Gasteiger charge is 2.19. The number of rotatable bonds is 40. The molecular weight excluding hydrogens is 674 g/mol. The van der Waals surface area contributed by atoms with Crippen molar-refractivity contribution in [1.29, 1.82) is 0 Å². The van der Waals surface area contributed by atoms with Gasteiger partial charge in [0.15, 0.2) is 0 Å². The molecule has 0 fully saturated rings. The standard InChI is InChI=1S/C35H71NO15/c1-33(2)50-32-31-49-30-29-48-28-27-47-26-25-46-24-23-45-22-21-44-20-19-43-18-17-42-16-15-41-14-13-40-12-11-39-10-9-38-8-7-36(6)34(37)51-35(3,4)5/h33H,7-32H2,1-6H3. The number of hydrogen-bond acceptors (Lipinski definition) is 15. The molecule has 51 heavy (non-hydrogen) atoms. The lowest BCUT2D eigenvalue weighted by atomic mass is 10.2. The van der Waals surface area contributed by atoms with E-state index in [0.29, 0.717) is 172 Å². The smallest absolute Gasteiger partial charge is 0.410 e. The summed E-state index contributed by atoms with van der Waals surface area (Å²) in [5.74, 6) is 0. The van der Waals surface area contributed by atoms with E-state index >= 15 is 0 Å². The Morgan fingerprint density at radius 1 is 0.412 bits per heavy atom. The van der Waals surface area contributed by atoms with Crippen LogP contribution in [0.5, 0.6) is 0 Å². The van der Waals surface area contributed by atoms with Gasteiger partial charge in [-0.15, -0.1) is 0 Å². The summed E-state index contributed by atoms with van der Waals surface area (Å²) in [7, 11) is 1.68. The third kappa shape index (κ3) is 43.0. The van der Waals surface area contributed by atoms with Gasteiger partial charge in [0, 0.05) is 13.6 Å². The van der Waals surface area contributed by atoms with E-state index in [0.717, 1.165) is 0 Å². The Morgan fingerprint density at radius 2 is 0.627 bits per heavy atom. The van der Waals surface area contributed by atoms with Crippen LogP contribution in [0.1, 0.15) is 34.6 Å². The van der Waals surface area contributed by atoms with Crippen molar-refractivity contribution in [1.82, 2.24) is 4.90 Å². The molecule has 0 unspecified atom stereocenters. The van der Waals surface area contributed by atoms with Gasteiger partial charge < -0.3 is 71.2 Å². The van der Waals surface area contributed by atoms with Crippen molar-refractivity contribution in [2.75, 3.05) is 179 Å². The fraction of sp³-hybridized carbons (Fsp3) is 0.971. The molecule has 0 heterocycles. The van der Waals surface area contributed by atoms with Crippen LogP contribution >= 0.6 is 0 Å². The topological polar surface area (TPSA) is 150 Å². The van der Waals surface area contributed by atoms with Crippen LogP contribution in [-0.4, -0.2) is 201 Å². The largest absolute Gasteiger partial charge is 0.444 e. The van der Waals surface area contributed by atoms with Crippen molar-refractivity contribution >= 4 is 6.09 Å². The fourth-order valence-corrected chi connectivity index (χ4v) is 3.50. The van der Waals surface area contributed by atoms with Crippen molar-refractivity contribution in [3.05, 3.63) is 0 Å². The highest BCUT2D eigenvalue weighted by Crippen LogP contribution is 2.08. The monoisotopic (exact) mass is 745 g/mol. The molecular formula is C35H71NO15. The highest BCUT2D eigenvalue weighted by atomic mass is 16.6. The van der Waals surface area contributed by atoms with Crippen LogP contribution < -0.4 is 0 Å². The number of ether oxygens (including phenoxy) is 14. The van der Waals surface area contributed by atoms with Crippen molar-refractivity contribution in [3.63, 3.8) is 0 Å². The molecule has 16 nitrogen and oxygen atoms in total. The van der Waals surface area contributed by atoms with Gasteiger partial charge in [0.05, 0.1) is 171 Å². The summed E-state index contributed by atoms with van der Waals surface area (Å²) in [6, 6.07) is 0. The second-order valence-corrected chi connectivity index (χ2v) is 12.2. The molecule has 0 aliphatic carbocycles. The Labute approximate surface area is 307 Å². The number of carbonyl (C=O) groups is 1. The molecule has 0 N–H and O–H groups in total. The fourth-order valence-electron chi connectivity index (χ4n) is 3.50. The minimum atomic E-state index is -0.511. The molecule has 0 atom stereocenters. The molecule has 16 heteroatoms. The van der Waals surface area contributed by atoms with E-state index in [4.69, 9.17) is 66.3 Å². The predicted octanol–water partition coefficient (Wildman–Crippen LogP) is 2.48. The van der Waals surface area contributed by atoms with Gasteiger partial charge >= 0.3 is 6.09 Å². The van der Waals surface area contributed by atoms with Gasteiger partial charge in [-0.05, 0) is 34.6 Å². The second-order valence-electron chi connectivity index (χ2n) is 12.2. The minimum Gasteiger partial charge on any atom is -0.444 e. The van der Waals surface area contributed by atoms with E-state index in [9.17, 15) is 4.79 Å². The normalized spacial score (nSPS) is 11.9. The zero-order chi connectivity index (χ0) is 37.5. The van der Waals surface area contributed by atoms with Crippen LogP contribution in [0.15, 0.2) is 0 Å². The Morgan fingerprint density at radius 3 is 0.843 bits per heavy atom. The van der Waals surface area contributed by atoms with E-state index in [-0.39, 0.29) is 12.2 Å². The molecule has 0 aromatic heterocycles. The number of nitrogens with zero attached hydrogens (tertiary/aromatic N) is 1. The first-order chi connectivity index (χ1) is 24.7. The molecule has 0 aliphatic rings. The van der Waals surface area contributed by atoms with Gasteiger partial charge in [0.1, 0.15) is 5.60 Å². The molecule has 306 valence electrons. The molecule has 0 rings (SSSR count). The van der Waals surface area contributed by atoms with Crippen LogP contribution in [-0.2, 0) is 66.3 Å². The molecule has 0 aromatic carbocycles. The molecule has 0 aromatic rings. The second kappa shape index (κ2) is 38.5. The van der Waals surface area contributed by atoms with Crippen LogP contribution in [0.2, 0.25) is 0 Å². The number of carbonyl (C=O) groups excluding carboxylic acids is 1. The summed E-state index contributed by atoms with van der Waals surface area (Å²) in [6.45, 7) is 22.5. The third-order valence-corrected chi connectivity index (χ3v) is 6.05. The molecule has 1 amide bonds. The molecule has 0 bridgehead atoms. The lowest BCUT2D eigenvalue weighted by Gasteiger charge is -2.24. The number of likely N-dealkylation sites (N-methyl/N-ethyl adjacent to an activating group) is 1. The van der Waals surface area contributed by atoms with Gasteiger partial charge in [0.2, 0.25) is 0 Å². The molecule has 0 radical (unpaired) electrons. The zero-order valence-electron chi connectivity index (χ0n) is 32.5. The Kier molecular flexibility index (Phi) is 37.5. The van der Waals surface area contributed by atoms with Crippen LogP contribution in [0.25, 0.3) is 0 Å². The van der Waals surface area contributed by atoms with Crippen LogP contribution in [0.3, 0.4) is 0 Å². The molecule has 0 saturated carbocycles. The average Bonchev–Trinajstić information content (AvgIpc) is 3.08. The maximum Gasteiger partial charge on any atom is 0.410 e. The number of hydrogen-bond donors (Lipinski definition) is 0. The molecule has 0 spiro atoms. The van der Waals surface area contributed by atoms with Crippen LogP contribution in [0, 0.1) is 0 Å². The van der Waals surface area contributed by atoms with Crippen molar-refractivity contribution in [2.45, 2.75) is 46.3 Å². The van der Waals surface area contributed by atoms with E-state index in [2.05, 4.69) is 0 Å². The Bertz CT molecular complexity index is 715. The lowest BCUT2D eigenvalue weighted by Crippen LogP contribution is -2.36. The van der Waals surface area contributed by atoms with Crippen molar-refractivity contribution < 1.29 is 71.1 Å². The third-order valence-electron chi connectivity index (χ3n) is 6.05. The summed E-state index contributed by atoms with van der Waals surface area (Å²) in [5.41, 5.74) is -0.511.